The molecule has 140 valence electrons. The van der Waals surface area contributed by atoms with Crippen molar-refractivity contribution in [3.8, 4) is 10.4 Å². The number of allylic oxidation sites excluding steroid dienone is 2. The van der Waals surface area contributed by atoms with E-state index in [0.29, 0.717) is 11.8 Å². The highest BCUT2D eigenvalue weighted by molar-refractivity contribution is 7.13. The Labute approximate surface area is 172 Å². The van der Waals surface area contributed by atoms with Crippen molar-refractivity contribution in [2.24, 2.45) is 5.41 Å². The van der Waals surface area contributed by atoms with Gasteiger partial charge in [-0.2, -0.15) is 0 Å². The van der Waals surface area contributed by atoms with Crippen LogP contribution in [0.2, 0.25) is 0 Å². The first-order chi connectivity index (χ1) is 13.5. The lowest BCUT2D eigenvalue weighted by Crippen LogP contribution is -2.29. The summed E-state index contributed by atoms with van der Waals surface area (Å²) >= 11 is 1.83. The number of rotatable bonds is 3. The van der Waals surface area contributed by atoms with Crippen molar-refractivity contribution in [2.75, 3.05) is 0 Å². The van der Waals surface area contributed by atoms with Crippen LogP contribution in [-0.2, 0) is 0 Å². The molecule has 0 radical (unpaired) electrons. The predicted molar refractivity (Wildman–Crippen MR) is 123 cm³/mol. The van der Waals surface area contributed by atoms with E-state index in [1.807, 2.05) is 11.3 Å². The minimum Gasteiger partial charge on any atom is -0.144 e. The maximum absolute atomic E-state index is 2.46. The highest BCUT2D eigenvalue weighted by atomic mass is 32.1. The number of thiophene rings is 1. The van der Waals surface area contributed by atoms with E-state index in [1.54, 1.807) is 0 Å². The Balaban J connectivity index is 1.64. The zero-order valence-corrected chi connectivity index (χ0v) is 17.8. The van der Waals surface area contributed by atoms with Crippen LogP contribution in [0.3, 0.4) is 0 Å². The molecule has 0 N–H and O–H groups in total. The molecule has 1 heteroatoms. The van der Waals surface area contributed by atoms with Gasteiger partial charge in [0.05, 0.1) is 0 Å². The first-order valence-corrected chi connectivity index (χ1v) is 11.0. The monoisotopic (exact) mass is 382 g/mol. The van der Waals surface area contributed by atoms with Crippen molar-refractivity contribution in [3.05, 3.63) is 93.4 Å². The molecule has 5 rings (SSSR count). The van der Waals surface area contributed by atoms with E-state index < -0.39 is 0 Å². The van der Waals surface area contributed by atoms with Crippen LogP contribution in [0.4, 0.5) is 0 Å². The second-order valence-electron chi connectivity index (χ2n) is 8.88. The first-order valence-electron chi connectivity index (χ1n) is 10.1. The summed E-state index contributed by atoms with van der Waals surface area (Å²) in [7, 11) is 0. The second-order valence-corrected chi connectivity index (χ2v) is 9.83. The Morgan fingerprint density at radius 3 is 2.25 bits per heavy atom. The highest BCUT2D eigenvalue weighted by Gasteiger charge is 2.45. The molecule has 0 saturated carbocycles. The molecule has 28 heavy (non-hydrogen) atoms. The summed E-state index contributed by atoms with van der Waals surface area (Å²) in [6.07, 6.45) is 4.83. The fraction of sp³-hybridized carbons (Fsp3) is 0.259. The molecule has 1 aromatic heterocycles. The molecule has 3 aromatic rings. The smallest absolute Gasteiger partial charge is 0.0348 e. The summed E-state index contributed by atoms with van der Waals surface area (Å²) in [4.78, 5) is 1.36. The molecule has 0 spiro atoms. The average Bonchev–Trinajstić information content (AvgIpc) is 3.36. The molecule has 0 saturated heterocycles. The number of benzene rings is 2. The van der Waals surface area contributed by atoms with Gasteiger partial charge in [0.1, 0.15) is 0 Å². The van der Waals surface area contributed by atoms with Gasteiger partial charge in [-0.3, -0.25) is 0 Å². The molecule has 0 fully saturated rings. The van der Waals surface area contributed by atoms with E-state index in [1.165, 1.54) is 43.8 Å². The standard InChI is InChI=1S/C27H26S/c1-17-15-19-9-5-6-10-20(19)25(17)27(3,4)26-18(2)16-23-21(11-7-12-22(23)26)24-13-8-14-28-24/h5-16,25-26H,1-4H3. The van der Waals surface area contributed by atoms with E-state index in [9.17, 15) is 0 Å². The SMILES string of the molecule is CC1=Cc2ccccc2C1C(C)(C)C1C(C)=Cc2c(-c3cccs3)cccc21. The lowest BCUT2D eigenvalue weighted by Gasteiger charge is -2.41. The van der Waals surface area contributed by atoms with Gasteiger partial charge < -0.3 is 0 Å². The highest BCUT2D eigenvalue weighted by Crippen LogP contribution is 2.58. The van der Waals surface area contributed by atoms with Crippen LogP contribution >= 0.6 is 11.3 Å². The molecule has 0 bridgehead atoms. The van der Waals surface area contributed by atoms with Crippen molar-refractivity contribution < 1.29 is 0 Å². The Kier molecular flexibility index (Phi) is 4.00. The fourth-order valence-corrected chi connectivity index (χ4v) is 6.59. The third-order valence-corrected chi connectivity index (χ3v) is 7.60. The molecule has 2 atom stereocenters. The minimum atomic E-state index is 0.104. The summed E-state index contributed by atoms with van der Waals surface area (Å²) in [6.45, 7) is 9.56. The van der Waals surface area contributed by atoms with Crippen molar-refractivity contribution >= 4 is 23.5 Å². The van der Waals surface area contributed by atoms with Crippen LogP contribution < -0.4 is 0 Å². The lowest BCUT2D eigenvalue weighted by atomic mass is 9.62. The van der Waals surface area contributed by atoms with Crippen molar-refractivity contribution in [1.29, 1.82) is 0 Å². The van der Waals surface area contributed by atoms with E-state index in [4.69, 9.17) is 0 Å². The van der Waals surface area contributed by atoms with E-state index >= 15 is 0 Å². The van der Waals surface area contributed by atoms with Gasteiger partial charge in [0, 0.05) is 16.7 Å². The molecule has 1 heterocycles. The van der Waals surface area contributed by atoms with Crippen LogP contribution in [0.5, 0.6) is 0 Å². The Hall–Kier alpha value is -2.38. The van der Waals surface area contributed by atoms with Crippen molar-refractivity contribution in [1.82, 2.24) is 0 Å². The third kappa shape index (κ3) is 2.49. The number of hydrogen-bond acceptors (Lipinski definition) is 1. The topological polar surface area (TPSA) is 0 Å². The first kappa shape index (κ1) is 17.7. The maximum atomic E-state index is 2.46. The number of hydrogen-bond donors (Lipinski definition) is 0. The molecular formula is C27H26S. The quantitative estimate of drug-likeness (QED) is 0.429. The van der Waals surface area contributed by atoms with Gasteiger partial charge >= 0.3 is 0 Å². The average molecular weight is 383 g/mol. The summed E-state index contributed by atoms with van der Waals surface area (Å²) in [5, 5.41) is 2.17. The van der Waals surface area contributed by atoms with Gasteiger partial charge in [0.2, 0.25) is 0 Å². The zero-order chi connectivity index (χ0) is 19.5. The third-order valence-electron chi connectivity index (χ3n) is 6.70. The molecule has 0 nitrogen and oxygen atoms in total. The van der Waals surface area contributed by atoms with Crippen LogP contribution in [0.25, 0.3) is 22.6 Å². The summed E-state index contributed by atoms with van der Waals surface area (Å²) in [5.74, 6) is 0.885. The fourth-order valence-electron chi connectivity index (χ4n) is 5.82. The Bertz CT molecular complexity index is 1110. The molecule has 0 aliphatic heterocycles. The van der Waals surface area contributed by atoms with Crippen molar-refractivity contribution in [3.63, 3.8) is 0 Å². The van der Waals surface area contributed by atoms with Gasteiger partial charge in [0.15, 0.2) is 0 Å². The van der Waals surface area contributed by atoms with Gasteiger partial charge in [-0.05, 0) is 58.5 Å². The van der Waals surface area contributed by atoms with E-state index in [-0.39, 0.29) is 5.41 Å². The molecule has 2 aromatic carbocycles. The minimum absolute atomic E-state index is 0.104. The lowest BCUT2D eigenvalue weighted by molar-refractivity contribution is 0.275. The van der Waals surface area contributed by atoms with Crippen LogP contribution in [0, 0.1) is 5.41 Å². The molecule has 2 aliphatic carbocycles. The Morgan fingerprint density at radius 1 is 0.750 bits per heavy atom. The van der Waals surface area contributed by atoms with E-state index in [2.05, 4.69) is 99.8 Å². The predicted octanol–water partition coefficient (Wildman–Crippen LogP) is 8.14. The van der Waals surface area contributed by atoms with Gasteiger partial charge in [0.25, 0.3) is 0 Å². The summed E-state index contributed by atoms with van der Waals surface area (Å²) < 4.78 is 0. The molecular weight excluding hydrogens is 356 g/mol. The van der Waals surface area contributed by atoms with Crippen molar-refractivity contribution in [2.45, 2.75) is 39.5 Å². The normalized spacial score (nSPS) is 20.6. The van der Waals surface area contributed by atoms with Crippen LogP contribution in [-0.4, -0.2) is 0 Å². The maximum Gasteiger partial charge on any atom is 0.0348 e. The zero-order valence-electron chi connectivity index (χ0n) is 17.0. The van der Waals surface area contributed by atoms with Crippen LogP contribution in [0.15, 0.2) is 71.1 Å². The molecule has 2 aliphatic rings. The van der Waals surface area contributed by atoms with Gasteiger partial charge in [-0.1, -0.05) is 85.7 Å². The summed E-state index contributed by atoms with van der Waals surface area (Å²) in [6, 6.07) is 20.2. The van der Waals surface area contributed by atoms with Gasteiger partial charge in [-0.25, -0.2) is 0 Å². The van der Waals surface area contributed by atoms with E-state index in [0.717, 1.165) is 0 Å². The van der Waals surface area contributed by atoms with Crippen LogP contribution in [0.1, 0.15) is 61.8 Å². The second kappa shape index (κ2) is 6.32. The molecule has 2 unspecified atom stereocenters. The van der Waals surface area contributed by atoms with Gasteiger partial charge in [-0.15, -0.1) is 11.3 Å². The number of fused-ring (bicyclic) bond motifs is 2. The molecule has 0 amide bonds. The summed E-state index contributed by atoms with van der Waals surface area (Å²) in [5.41, 5.74) is 10.3. The largest absolute Gasteiger partial charge is 0.144 e. The Morgan fingerprint density at radius 2 is 1.46 bits per heavy atom.